The molecule has 1 aromatic rings. The molecule has 70 valence electrons. The predicted octanol–water partition coefficient (Wildman–Crippen LogP) is 1.43. The van der Waals surface area contributed by atoms with Gasteiger partial charge in [0, 0.05) is 12.7 Å². The number of aliphatic hydroxyl groups excluding tert-OH is 1. The summed E-state index contributed by atoms with van der Waals surface area (Å²) in [7, 11) is 2.04. The number of hydrogen-bond donors (Lipinski definition) is 1. The lowest BCUT2D eigenvalue weighted by molar-refractivity contribution is 0.164. The van der Waals surface area contributed by atoms with Crippen molar-refractivity contribution in [3.8, 4) is 0 Å². The largest absolute Gasteiger partial charge is 0.391 e. The van der Waals surface area contributed by atoms with E-state index in [9.17, 15) is 5.11 Å². The van der Waals surface area contributed by atoms with Gasteiger partial charge in [0.1, 0.15) is 0 Å². The van der Waals surface area contributed by atoms with Crippen molar-refractivity contribution < 1.29 is 5.11 Å². The number of anilines is 1. The molecule has 1 aliphatic rings. The van der Waals surface area contributed by atoms with Gasteiger partial charge in [0.05, 0.1) is 12.1 Å². The van der Waals surface area contributed by atoms with E-state index in [0.717, 1.165) is 6.42 Å². The summed E-state index contributed by atoms with van der Waals surface area (Å²) in [4.78, 5) is 2.17. The maximum absolute atomic E-state index is 9.55. The molecular formula is C11H15NO. The van der Waals surface area contributed by atoms with Crippen LogP contribution in [0.4, 0.5) is 5.69 Å². The Morgan fingerprint density at radius 1 is 1.46 bits per heavy atom. The molecule has 0 aliphatic carbocycles. The second-order valence-electron chi connectivity index (χ2n) is 3.75. The first kappa shape index (κ1) is 8.57. The average molecular weight is 177 g/mol. The molecule has 13 heavy (non-hydrogen) atoms. The van der Waals surface area contributed by atoms with Crippen molar-refractivity contribution in [3.63, 3.8) is 0 Å². The summed E-state index contributed by atoms with van der Waals surface area (Å²) < 4.78 is 0. The molecule has 0 bridgehead atoms. The van der Waals surface area contributed by atoms with Crippen LogP contribution in [0.15, 0.2) is 24.3 Å². The topological polar surface area (TPSA) is 23.5 Å². The highest BCUT2D eigenvalue weighted by Gasteiger charge is 2.28. The third-order valence-corrected chi connectivity index (χ3v) is 2.85. The highest BCUT2D eigenvalue weighted by molar-refractivity contribution is 5.58. The van der Waals surface area contributed by atoms with Crippen LogP contribution >= 0.6 is 0 Å². The lowest BCUT2D eigenvalue weighted by Gasteiger charge is -2.24. The van der Waals surface area contributed by atoms with E-state index >= 15 is 0 Å². The number of benzene rings is 1. The van der Waals surface area contributed by atoms with E-state index in [1.807, 2.05) is 20.0 Å². The van der Waals surface area contributed by atoms with Crippen LogP contribution < -0.4 is 4.90 Å². The fourth-order valence-electron chi connectivity index (χ4n) is 2.06. The molecule has 0 saturated heterocycles. The maximum Gasteiger partial charge on any atom is 0.0718 e. The Morgan fingerprint density at radius 2 is 2.15 bits per heavy atom. The van der Waals surface area contributed by atoms with Gasteiger partial charge in [0.2, 0.25) is 0 Å². The Morgan fingerprint density at radius 3 is 2.77 bits per heavy atom. The molecule has 2 rings (SSSR count). The molecule has 0 aromatic heterocycles. The van der Waals surface area contributed by atoms with Gasteiger partial charge in [0.25, 0.3) is 0 Å². The maximum atomic E-state index is 9.55. The SMILES string of the molecule is CC(O)C1Cc2ccccc2N1C. The van der Waals surface area contributed by atoms with E-state index < -0.39 is 0 Å². The number of fused-ring (bicyclic) bond motifs is 1. The second-order valence-corrected chi connectivity index (χ2v) is 3.75. The standard InChI is InChI=1S/C11H15NO/c1-8(13)11-7-9-5-3-4-6-10(9)12(11)2/h3-6,8,11,13H,7H2,1-2H3. The van der Waals surface area contributed by atoms with E-state index in [-0.39, 0.29) is 12.1 Å². The first-order valence-electron chi connectivity index (χ1n) is 4.69. The van der Waals surface area contributed by atoms with Crippen molar-refractivity contribution >= 4 is 5.69 Å². The zero-order chi connectivity index (χ0) is 9.42. The molecule has 1 N–H and O–H groups in total. The first-order valence-corrected chi connectivity index (χ1v) is 4.69. The minimum atomic E-state index is -0.266. The monoisotopic (exact) mass is 177 g/mol. The molecule has 1 aliphatic heterocycles. The summed E-state index contributed by atoms with van der Waals surface area (Å²) >= 11 is 0. The van der Waals surface area contributed by atoms with E-state index in [1.165, 1.54) is 11.3 Å². The summed E-state index contributed by atoms with van der Waals surface area (Å²) in [5.74, 6) is 0. The smallest absolute Gasteiger partial charge is 0.0718 e. The van der Waals surface area contributed by atoms with Crippen LogP contribution in [0.2, 0.25) is 0 Å². The fourth-order valence-corrected chi connectivity index (χ4v) is 2.06. The van der Waals surface area contributed by atoms with Crippen LogP contribution in [0.1, 0.15) is 12.5 Å². The highest BCUT2D eigenvalue weighted by atomic mass is 16.3. The van der Waals surface area contributed by atoms with Crippen LogP contribution in [-0.2, 0) is 6.42 Å². The van der Waals surface area contributed by atoms with Crippen molar-refractivity contribution in [2.75, 3.05) is 11.9 Å². The summed E-state index contributed by atoms with van der Waals surface area (Å²) in [6.45, 7) is 1.85. The number of rotatable bonds is 1. The van der Waals surface area contributed by atoms with Crippen LogP contribution in [0.3, 0.4) is 0 Å². The van der Waals surface area contributed by atoms with Crippen molar-refractivity contribution in [2.24, 2.45) is 0 Å². The van der Waals surface area contributed by atoms with E-state index in [2.05, 4.69) is 23.1 Å². The lowest BCUT2D eigenvalue weighted by Crippen LogP contribution is -2.37. The van der Waals surface area contributed by atoms with E-state index in [4.69, 9.17) is 0 Å². The Bertz CT molecular complexity index is 309. The number of hydrogen-bond acceptors (Lipinski definition) is 2. The van der Waals surface area contributed by atoms with Gasteiger partial charge in [-0.3, -0.25) is 0 Å². The molecule has 1 aromatic carbocycles. The molecular weight excluding hydrogens is 162 g/mol. The van der Waals surface area contributed by atoms with Crippen LogP contribution in [-0.4, -0.2) is 24.3 Å². The number of likely N-dealkylation sites (N-methyl/N-ethyl adjacent to an activating group) is 1. The summed E-state index contributed by atoms with van der Waals surface area (Å²) in [5, 5.41) is 9.55. The third kappa shape index (κ3) is 1.31. The zero-order valence-electron chi connectivity index (χ0n) is 8.07. The van der Waals surface area contributed by atoms with Crippen molar-refractivity contribution in [1.29, 1.82) is 0 Å². The van der Waals surface area contributed by atoms with E-state index in [0.29, 0.717) is 0 Å². The molecule has 0 saturated carbocycles. The summed E-state index contributed by atoms with van der Waals surface area (Å²) in [5.41, 5.74) is 2.60. The molecule has 0 spiro atoms. The molecule has 2 unspecified atom stereocenters. The molecule has 2 atom stereocenters. The van der Waals surface area contributed by atoms with Crippen molar-refractivity contribution in [2.45, 2.75) is 25.5 Å². The number of para-hydroxylation sites is 1. The highest BCUT2D eigenvalue weighted by Crippen LogP contribution is 2.31. The molecule has 0 radical (unpaired) electrons. The Balaban J connectivity index is 2.32. The van der Waals surface area contributed by atoms with Gasteiger partial charge in [-0.05, 0) is 25.0 Å². The Kier molecular flexibility index (Phi) is 2.00. The average Bonchev–Trinajstić information content (AvgIpc) is 2.45. The zero-order valence-corrected chi connectivity index (χ0v) is 8.07. The Hall–Kier alpha value is -1.02. The fraction of sp³-hybridized carbons (Fsp3) is 0.455. The molecule has 1 heterocycles. The van der Waals surface area contributed by atoms with Gasteiger partial charge in [-0.2, -0.15) is 0 Å². The van der Waals surface area contributed by atoms with E-state index in [1.54, 1.807) is 0 Å². The third-order valence-electron chi connectivity index (χ3n) is 2.85. The lowest BCUT2D eigenvalue weighted by atomic mass is 10.1. The van der Waals surface area contributed by atoms with Crippen LogP contribution in [0.5, 0.6) is 0 Å². The van der Waals surface area contributed by atoms with Gasteiger partial charge in [-0.1, -0.05) is 18.2 Å². The van der Waals surface area contributed by atoms with Crippen LogP contribution in [0, 0.1) is 0 Å². The second kappa shape index (κ2) is 3.04. The predicted molar refractivity (Wildman–Crippen MR) is 54.0 cm³/mol. The van der Waals surface area contributed by atoms with Crippen LogP contribution in [0.25, 0.3) is 0 Å². The first-order chi connectivity index (χ1) is 6.20. The van der Waals surface area contributed by atoms with Crippen molar-refractivity contribution in [1.82, 2.24) is 0 Å². The summed E-state index contributed by atoms with van der Waals surface area (Å²) in [6.07, 6.45) is 0.696. The quantitative estimate of drug-likeness (QED) is 0.701. The van der Waals surface area contributed by atoms with Gasteiger partial charge in [0.15, 0.2) is 0 Å². The van der Waals surface area contributed by atoms with Crippen molar-refractivity contribution in [3.05, 3.63) is 29.8 Å². The molecule has 0 fully saturated rings. The van der Waals surface area contributed by atoms with Gasteiger partial charge >= 0.3 is 0 Å². The van der Waals surface area contributed by atoms with Gasteiger partial charge in [-0.15, -0.1) is 0 Å². The van der Waals surface area contributed by atoms with Gasteiger partial charge < -0.3 is 10.0 Å². The molecule has 0 amide bonds. The minimum Gasteiger partial charge on any atom is -0.391 e. The molecule has 2 nitrogen and oxygen atoms in total. The normalized spacial score (nSPS) is 23.0. The molecule has 2 heteroatoms. The number of nitrogens with zero attached hydrogens (tertiary/aromatic N) is 1. The van der Waals surface area contributed by atoms with Gasteiger partial charge in [-0.25, -0.2) is 0 Å². The Labute approximate surface area is 78.8 Å². The minimum absolute atomic E-state index is 0.248. The number of aliphatic hydroxyl groups is 1. The summed E-state index contributed by atoms with van der Waals surface area (Å²) in [6, 6.07) is 8.58.